The largest absolute Gasteiger partial charge is 0.310 e. The van der Waals surface area contributed by atoms with E-state index in [0.717, 1.165) is 17.6 Å². The van der Waals surface area contributed by atoms with E-state index in [1.807, 2.05) is 0 Å². The van der Waals surface area contributed by atoms with Gasteiger partial charge in [0.05, 0.1) is 0 Å². The lowest BCUT2D eigenvalue weighted by Crippen LogP contribution is -2.18. The molecule has 1 aliphatic heterocycles. The average molecular weight is 115 g/mol. The minimum atomic E-state index is 0.755. The highest BCUT2D eigenvalue weighted by atomic mass is 31.0. The molecule has 2 fully saturated rings. The van der Waals surface area contributed by atoms with Gasteiger partial charge in [0.25, 0.3) is 0 Å². The van der Waals surface area contributed by atoms with Crippen LogP contribution in [0, 0.1) is 11.8 Å². The third-order valence-corrected chi connectivity index (χ3v) is 2.78. The van der Waals surface area contributed by atoms with Gasteiger partial charge in [-0.2, -0.15) is 0 Å². The molecule has 0 aromatic carbocycles. The zero-order valence-corrected chi connectivity index (χ0v) is 5.38. The molecule has 0 aromatic heterocycles. The smallest absolute Gasteiger partial charge is 0.0242 e. The van der Waals surface area contributed by atoms with E-state index in [9.17, 15) is 0 Å². The van der Waals surface area contributed by atoms with Gasteiger partial charge in [-0.1, -0.05) is 0 Å². The highest BCUT2D eigenvalue weighted by Gasteiger charge is 2.45. The number of rotatable bonds is 0. The first kappa shape index (κ1) is 4.29. The normalized spacial score (nSPS) is 57.0. The third kappa shape index (κ3) is 0.520. The molecule has 0 spiro atoms. The van der Waals surface area contributed by atoms with Crippen molar-refractivity contribution in [2.45, 2.75) is 12.2 Å². The molecule has 7 heavy (non-hydrogen) atoms. The summed E-state index contributed by atoms with van der Waals surface area (Å²) < 4.78 is 0. The van der Waals surface area contributed by atoms with Gasteiger partial charge in [-0.25, -0.2) is 0 Å². The molecule has 1 aliphatic carbocycles. The van der Waals surface area contributed by atoms with Crippen LogP contribution in [0.3, 0.4) is 0 Å². The SMILES string of the molecule is PC1NCC2CC21. The first-order valence-corrected chi connectivity index (χ1v) is 3.53. The van der Waals surface area contributed by atoms with Crippen LogP contribution in [-0.4, -0.2) is 12.3 Å². The molecule has 0 amide bonds. The molecule has 0 bridgehead atoms. The second-order valence-corrected chi connectivity index (χ2v) is 3.31. The van der Waals surface area contributed by atoms with Crippen molar-refractivity contribution in [1.82, 2.24) is 5.32 Å². The summed E-state index contributed by atoms with van der Waals surface area (Å²) in [4.78, 5) is 0. The molecule has 2 heteroatoms. The topological polar surface area (TPSA) is 12.0 Å². The maximum atomic E-state index is 3.38. The van der Waals surface area contributed by atoms with Crippen LogP contribution in [0.2, 0.25) is 0 Å². The van der Waals surface area contributed by atoms with Crippen LogP contribution in [0.1, 0.15) is 6.42 Å². The Kier molecular flexibility index (Phi) is 0.741. The van der Waals surface area contributed by atoms with Gasteiger partial charge in [0, 0.05) is 5.78 Å². The van der Waals surface area contributed by atoms with Crippen molar-refractivity contribution in [2.75, 3.05) is 6.54 Å². The van der Waals surface area contributed by atoms with E-state index in [1.165, 1.54) is 13.0 Å². The lowest BCUT2D eigenvalue weighted by Gasteiger charge is -2.01. The molecule has 0 radical (unpaired) electrons. The van der Waals surface area contributed by atoms with Gasteiger partial charge < -0.3 is 5.32 Å². The molecular weight excluding hydrogens is 105 g/mol. The molecule has 40 valence electrons. The van der Waals surface area contributed by atoms with Crippen LogP contribution in [0.15, 0.2) is 0 Å². The van der Waals surface area contributed by atoms with Crippen LogP contribution >= 0.6 is 9.24 Å². The molecular formula is C5H10NP. The minimum absolute atomic E-state index is 0.755. The Labute approximate surface area is 46.1 Å². The standard InChI is InChI=1S/C5H10NP/c7-5-4-1-3(4)2-6-5/h3-6H,1-2,7H2. The molecule has 2 aliphatic rings. The van der Waals surface area contributed by atoms with Gasteiger partial charge in [-0.3, -0.25) is 0 Å². The van der Waals surface area contributed by atoms with E-state index in [-0.39, 0.29) is 0 Å². The van der Waals surface area contributed by atoms with Gasteiger partial charge in [0.15, 0.2) is 0 Å². The molecule has 4 atom stereocenters. The van der Waals surface area contributed by atoms with E-state index in [1.54, 1.807) is 0 Å². The summed E-state index contributed by atoms with van der Waals surface area (Å²) in [5, 5.41) is 3.38. The van der Waals surface area contributed by atoms with Crippen molar-refractivity contribution in [3.05, 3.63) is 0 Å². The van der Waals surface area contributed by atoms with Crippen molar-refractivity contribution >= 4 is 9.24 Å². The van der Waals surface area contributed by atoms with Gasteiger partial charge in [0.1, 0.15) is 0 Å². The monoisotopic (exact) mass is 115 g/mol. The Balaban J connectivity index is 2.08. The second kappa shape index (κ2) is 1.21. The molecule has 1 heterocycles. The Hall–Kier alpha value is 0.390. The van der Waals surface area contributed by atoms with E-state index < -0.39 is 0 Å². The Morgan fingerprint density at radius 3 is 2.57 bits per heavy atom. The number of nitrogens with one attached hydrogen (secondary N) is 1. The van der Waals surface area contributed by atoms with Crippen LogP contribution < -0.4 is 5.32 Å². The van der Waals surface area contributed by atoms with E-state index in [0.29, 0.717) is 0 Å². The zero-order chi connectivity index (χ0) is 4.85. The van der Waals surface area contributed by atoms with Crippen LogP contribution in [-0.2, 0) is 0 Å². The predicted octanol–water partition coefficient (Wildman–Crippen LogP) is 0.427. The zero-order valence-electron chi connectivity index (χ0n) is 4.22. The van der Waals surface area contributed by atoms with Crippen molar-refractivity contribution in [3.8, 4) is 0 Å². The van der Waals surface area contributed by atoms with Crippen molar-refractivity contribution in [2.24, 2.45) is 11.8 Å². The summed E-state index contributed by atoms with van der Waals surface area (Å²) in [7, 11) is 2.84. The molecule has 0 aromatic rings. The Bertz CT molecular complexity index is 94.1. The lowest BCUT2D eigenvalue weighted by atomic mass is 10.4. The van der Waals surface area contributed by atoms with Gasteiger partial charge in [-0.15, -0.1) is 9.24 Å². The predicted molar refractivity (Wildman–Crippen MR) is 33.1 cm³/mol. The fourth-order valence-corrected chi connectivity index (χ4v) is 1.99. The molecule has 2 rings (SSSR count). The maximum absolute atomic E-state index is 3.38. The van der Waals surface area contributed by atoms with Crippen LogP contribution in [0.5, 0.6) is 0 Å². The van der Waals surface area contributed by atoms with E-state index in [4.69, 9.17) is 0 Å². The van der Waals surface area contributed by atoms with Gasteiger partial charge in [-0.05, 0) is 24.8 Å². The maximum Gasteiger partial charge on any atom is 0.0242 e. The Morgan fingerprint density at radius 1 is 1.57 bits per heavy atom. The Morgan fingerprint density at radius 2 is 2.43 bits per heavy atom. The van der Waals surface area contributed by atoms with Crippen molar-refractivity contribution in [1.29, 1.82) is 0 Å². The number of piperidine rings is 1. The first-order valence-electron chi connectivity index (χ1n) is 2.87. The number of hydrogen-bond acceptors (Lipinski definition) is 1. The number of fused-ring (bicyclic) bond motifs is 1. The first-order chi connectivity index (χ1) is 3.38. The molecule has 1 N–H and O–H groups in total. The lowest BCUT2D eigenvalue weighted by molar-refractivity contribution is 0.691. The summed E-state index contributed by atoms with van der Waals surface area (Å²) in [6, 6.07) is 0. The summed E-state index contributed by atoms with van der Waals surface area (Å²) in [5.41, 5.74) is 0. The fraction of sp³-hybridized carbons (Fsp3) is 1.00. The third-order valence-electron chi connectivity index (χ3n) is 2.05. The van der Waals surface area contributed by atoms with Crippen LogP contribution in [0.4, 0.5) is 0 Å². The van der Waals surface area contributed by atoms with E-state index >= 15 is 0 Å². The second-order valence-electron chi connectivity index (χ2n) is 2.59. The van der Waals surface area contributed by atoms with Crippen molar-refractivity contribution in [3.63, 3.8) is 0 Å². The minimum Gasteiger partial charge on any atom is -0.310 e. The molecule has 1 nitrogen and oxygen atoms in total. The highest BCUT2D eigenvalue weighted by molar-refractivity contribution is 7.17. The highest BCUT2D eigenvalue weighted by Crippen LogP contribution is 2.46. The van der Waals surface area contributed by atoms with Crippen molar-refractivity contribution < 1.29 is 0 Å². The van der Waals surface area contributed by atoms with Crippen LogP contribution in [0.25, 0.3) is 0 Å². The van der Waals surface area contributed by atoms with Gasteiger partial charge in [0.2, 0.25) is 0 Å². The average Bonchev–Trinajstić information content (AvgIpc) is 2.33. The quantitative estimate of drug-likeness (QED) is 0.451. The summed E-state index contributed by atoms with van der Waals surface area (Å²) in [5.74, 6) is 2.84. The summed E-state index contributed by atoms with van der Waals surface area (Å²) in [6.45, 7) is 1.28. The summed E-state index contributed by atoms with van der Waals surface area (Å²) in [6.07, 6.45) is 1.49. The van der Waals surface area contributed by atoms with E-state index in [2.05, 4.69) is 14.6 Å². The molecule has 4 unspecified atom stereocenters. The number of hydrogen-bond donors (Lipinski definition) is 1. The molecule has 1 saturated carbocycles. The summed E-state index contributed by atoms with van der Waals surface area (Å²) >= 11 is 0. The fourth-order valence-electron chi connectivity index (χ4n) is 1.38. The molecule has 1 saturated heterocycles. The van der Waals surface area contributed by atoms with Gasteiger partial charge >= 0.3 is 0 Å².